The number of hydrogen-bond acceptors (Lipinski definition) is 3. The predicted octanol–water partition coefficient (Wildman–Crippen LogP) is 4.38. The fourth-order valence-electron chi connectivity index (χ4n) is 3.47. The van der Waals surface area contributed by atoms with Crippen LogP contribution in [0.3, 0.4) is 0 Å². The number of rotatable bonds is 1. The zero-order chi connectivity index (χ0) is 17.0. The Morgan fingerprint density at radius 3 is 2.48 bits per heavy atom. The molecule has 1 amide bonds. The first-order chi connectivity index (χ1) is 12.2. The summed E-state index contributed by atoms with van der Waals surface area (Å²) < 4.78 is 5.84. The maximum atomic E-state index is 12.6. The van der Waals surface area contributed by atoms with E-state index in [0.717, 1.165) is 33.2 Å². The molecule has 3 aromatic carbocycles. The van der Waals surface area contributed by atoms with E-state index in [1.54, 1.807) is 0 Å². The average molecular weight is 327 g/mol. The van der Waals surface area contributed by atoms with Crippen molar-refractivity contribution < 1.29 is 14.0 Å². The lowest BCUT2D eigenvalue weighted by Crippen LogP contribution is -2.38. The maximum Gasteiger partial charge on any atom is 0.299 e. The average Bonchev–Trinajstić information content (AvgIpc) is 3.01. The van der Waals surface area contributed by atoms with Gasteiger partial charge in [0.15, 0.2) is 0 Å². The van der Waals surface area contributed by atoms with E-state index in [1.165, 1.54) is 4.90 Å². The second-order valence-corrected chi connectivity index (χ2v) is 6.15. The molecule has 120 valence electrons. The first kappa shape index (κ1) is 14.0. The molecule has 0 atom stereocenters. The van der Waals surface area contributed by atoms with Gasteiger partial charge in [-0.2, -0.15) is 0 Å². The lowest BCUT2D eigenvalue weighted by Gasteiger charge is -2.28. The molecule has 5 rings (SSSR count). The van der Waals surface area contributed by atoms with E-state index in [4.69, 9.17) is 4.42 Å². The van der Waals surface area contributed by atoms with E-state index in [2.05, 4.69) is 0 Å². The van der Waals surface area contributed by atoms with Crippen LogP contribution in [0.25, 0.3) is 21.9 Å². The molecule has 0 N–H and O–H groups in total. The summed E-state index contributed by atoms with van der Waals surface area (Å²) in [4.78, 5) is 26.2. The molecule has 1 aromatic heterocycles. The van der Waals surface area contributed by atoms with Crippen molar-refractivity contribution in [3.8, 4) is 0 Å². The maximum absolute atomic E-state index is 12.6. The van der Waals surface area contributed by atoms with Crippen molar-refractivity contribution in [2.75, 3.05) is 4.90 Å². The van der Waals surface area contributed by atoms with Gasteiger partial charge >= 0.3 is 0 Å². The van der Waals surface area contributed by atoms with Crippen LogP contribution < -0.4 is 4.90 Å². The molecule has 0 aliphatic carbocycles. The predicted molar refractivity (Wildman–Crippen MR) is 96.0 cm³/mol. The van der Waals surface area contributed by atoms with Crippen LogP contribution in [0.15, 0.2) is 71.1 Å². The molecular formula is C21H13NO3. The number of carbonyl (C=O) groups is 2. The van der Waals surface area contributed by atoms with Crippen molar-refractivity contribution in [1.29, 1.82) is 0 Å². The van der Waals surface area contributed by atoms with Crippen LogP contribution in [0.1, 0.15) is 5.56 Å². The fraction of sp³-hybridized carbons (Fsp3) is 0.0476. The second kappa shape index (κ2) is 5.05. The van der Waals surface area contributed by atoms with Gasteiger partial charge in [-0.15, -0.1) is 0 Å². The van der Waals surface area contributed by atoms with Crippen LogP contribution >= 0.6 is 0 Å². The minimum atomic E-state index is -0.495. The summed E-state index contributed by atoms with van der Waals surface area (Å²) in [5.74, 6) is -0.887. The zero-order valence-corrected chi connectivity index (χ0v) is 13.2. The number of para-hydroxylation sites is 2. The molecule has 0 unspecified atom stereocenters. The summed E-state index contributed by atoms with van der Waals surface area (Å²) in [5.41, 5.74) is 3.86. The smallest absolute Gasteiger partial charge is 0.299 e. The lowest BCUT2D eigenvalue weighted by atomic mass is 9.99. The van der Waals surface area contributed by atoms with E-state index in [0.29, 0.717) is 5.69 Å². The number of carbonyl (C=O) groups excluding carboxylic acids is 2. The number of ketones is 1. The highest BCUT2D eigenvalue weighted by atomic mass is 16.3. The van der Waals surface area contributed by atoms with Gasteiger partial charge in [0.05, 0.1) is 11.4 Å². The Hall–Kier alpha value is -3.40. The number of benzene rings is 3. The lowest BCUT2D eigenvalue weighted by molar-refractivity contribution is -0.135. The van der Waals surface area contributed by atoms with E-state index in [-0.39, 0.29) is 6.42 Å². The summed E-state index contributed by atoms with van der Waals surface area (Å²) in [6.07, 6.45) is 0.155. The number of furan rings is 1. The highest BCUT2D eigenvalue weighted by molar-refractivity contribution is 6.45. The van der Waals surface area contributed by atoms with E-state index in [9.17, 15) is 9.59 Å². The number of hydrogen-bond donors (Lipinski definition) is 0. The van der Waals surface area contributed by atoms with Crippen molar-refractivity contribution in [3.05, 3.63) is 72.3 Å². The van der Waals surface area contributed by atoms with Gasteiger partial charge in [0.25, 0.3) is 5.91 Å². The Bertz CT molecular complexity index is 1170. The summed E-state index contributed by atoms with van der Waals surface area (Å²) in [6, 6.07) is 20.9. The van der Waals surface area contributed by atoms with Gasteiger partial charge in [0.1, 0.15) is 11.2 Å². The SMILES string of the molecule is O=C1Cc2ccccc2N(c2ccc3oc4ccccc4c3c2)C1=O. The Morgan fingerprint density at radius 2 is 1.56 bits per heavy atom. The first-order valence-electron chi connectivity index (χ1n) is 8.09. The number of anilines is 2. The first-order valence-corrected chi connectivity index (χ1v) is 8.09. The molecular weight excluding hydrogens is 314 g/mol. The van der Waals surface area contributed by atoms with Gasteiger partial charge in [-0.1, -0.05) is 36.4 Å². The van der Waals surface area contributed by atoms with Crippen LogP contribution in [0.5, 0.6) is 0 Å². The molecule has 0 spiro atoms. The van der Waals surface area contributed by atoms with Gasteiger partial charge in [0, 0.05) is 17.2 Å². The monoisotopic (exact) mass is 327 g/mol. The molecule has 1 aliphatic rings. The van der Waals surface area contributed by atoms with Gasteiger partial charge in [0.2, 0.25) is 5.78 Å². The highest BCUT2D eigenvalue weighted by Gasteiger charge is 2.32. The minimum absolute atomic E-state index is 0.155. The quantitative estimate of drug-likeness (QED) is 0.488. The second-order valence-electron chi connectivity index (χ2n) is 6.15. The van der Waals surface area contributed by atoms with Gasteiger partial charge < -0.3 is 4.42 Å². The van der Waals surface area contributed by atoms with E-state index < -0.39 is 11.7 Å². The van der Waals surface area contributed by atoms with Crippen LogP contribution in [-0.4, -0.2) is 11.7 Å². The number of Topliss-reactive ketones (excluding diaryl/α,β-unsaturated/α-hetero) is 1. The fourth-order valence-corrected chi connectivity index (χ4v) is 3.47. The third kappa shape index (κ3) is 2.01. The Morgan fingerprint density at radius 1 is 0.800 bits per heavy atom. The van der Waals surface area contributed by atoms with Crippen molar-refractivity contribution in [2.45, 2.75) is 6.42 Å². The topological polar surface area (TPSA) is 50.5 Å². The van der Waals surface area contributed by atoms with Crippen LogP contribution in [-0.2, 0) is 16.0 Å². The molecule has 25 heavy (non-hydrogen) atoms. The molecule has 0 saturated carbocycles. The van der Waals surface area contributed by atoms with Gasteiger partial charge in [-0.3, -0.25) is 14.5 Å². The van der Waals surface area contributed by atoms with Crippen LogP contribution in [0.2, 0.25) is 0 Å². The largest absolute Gasteiger partial charge is 0.456 e. The Labute approximate surface area is 143 Å². The number of amides is 1. The number of fused-ring (bicyclic) bond motifs is 4. The summed E-state index contributed by atoms with van der Waals surface area (Å²) >= 11 is 0. The van der Waals surface area contributed by atoms with Gasteiger partial charge in [-0.25, -0.2) is 0 Å². The van der Waals surface area contributed by atoms with Crippen molar-refractivity contribution in [1.82, 2.24) is 0 Å². The van der Waals surface area contributed by atoms with Gasteiger partial charge in [-0.05, 0) is 35.9 Å². The summed E-state index contributed by atoms with van der Waals surface area (Å²) in [6.45, 7) is 0. The Kier molecular flexibility index (Phi) is 2.82. The molecule has 0 fully saturated rings. The summed E-state index contributed by atoms with van der Waals surface area (Å²) in [5, 5.41) is 1.92. The van der Waals surface area contributed by atoms with E-state index in [1.807, 2.05) is 66.7 Å². The zero-order valence-electron chi connectivity index (χ0n) is 13.2. The molecule has 0 bridgehead atoms. The molecule has 2 heterocycles. The molecule has 4 aromatic rings. The number of nitrogens with zero attached hydrogens (tertiary/aromatic N) is 1. The van der Waals surface area contributed by atoms with Crippen molar-refractivity contribution in [2.24, 2.45) is 0 Å². The Balaban J connectivity index is 1.76. The minimum Gasteiger partial charge on any atom is -0.456 e. The van der Waals surface area contributed by atoms with Crippen molar-refractivity contribution in [3.63, 3.8) is 0 Å². The molecule has 0 saturated heterocycles. The molecule has 4 nitrogen and oxygen atoms in total. The third-order valence-electron chi connectivity index (χ3n) is 4.64. The standard InChI is InChI=1S/C21H13NO3/c23-18-11-13-5-1-3-7-17(13)22(21(18)24)14-9-10-20-16(12-14)15-6-2-4-8-19(15)25-20/h1-10,12H,11H2. The third-order valence-corrected chi connectivity index (χ3v) is 4.64. The highest BCUT2D eigenvalue weighted by Crippen LogP contribution is 2.37. The van der Waals surface area contributed by atoms with Crippen molar-refractivity contribution >= 4 is 45.0 Å². The summed E-state index contributed by atoms with van der Waals surface area (Å²) in [7, 11) is 0. The normalized spacial score (nSPS) is 14.3. The van der Waals surface area contributed by atoms with Crippen LogP contribution in [0, 0.1) is 0 Å². The van der Waals surface area contributed by atoms with Crippen LogP contribution in [0.4, 0.5) is 11.4 Å². The molecule has 1 aliphatic heterocycles. The van der Waals surface area contributed by atoms with E-state index >= 15 is 0 Å². The molecule has 4 heteroatoms. The molecule has 0 radical (unpaired) electrons.